The number of hydrogen-bond acceptors (Lipinski definition) is 5. The van der Waals surface area contributed by atoms with Crippen LogP contribution in [0.3, 0.4) is 0 Å². The van der Waals surface area contributed by atoms with Crippen LogP contribution in [0.1, 0.15) is 17.3 Å². The normalized spacial score (nSPS) is 9.32. The molecule has 0 aliphatic carbocycles. The predicted octanol–water partition coefficient (Wildman–Crippen LogP) is 2.02. The fourth-order valence-electron chi connectivity index (χ4n) is 1.48. The first-order valence-corrected chi connectivity index (χ1v) is 6.18. The van der Waals surface area contributed by atoms with Crippen molar-refractivity contribution in [1.82, 2.24) is 0 Å². The van der Waals surface area contributed by atoms with Crippen molar-refractivity contribution in [3.8, 4) is 11.5 Å². The van der Waals surface area contributed by atoms with E-state index in [0.29, 0.717) is 11.4 Å². The Bertz CT molecular complexity index is 668. The topological polar surface area (TPSA) is 133 Å². The Hall–Kier alpha value is -3.22. The molecule has 0 heterocycles. The molecule has 2 rings (SSSR count). The molecule has 2 aromatic carbocycles. The minimum Gasteiger partial charge on any atom is -0.508 e. The molecular weight excluding hydrogens is 288 g/mol. The summed E-state index contributed by atoms with van der Waals surface area (Å²) in [5, 5.41) is 28.9. The molecule has 0 spiro atoms. The molecule has 116 valence electrons. The molecule has 0 saturated carbocycles. The molecule has 0 aromatic heterocycles. The molecule has 0 atom stereocenters. The SMILES string of the molecule is CC(=O)Nc1ccc(O)cc1.Nc1ccc(C(=O)O)c(O)c1. The van der Waals surface area contributed by atoms with Gasteiger partial charge in [-0.1, -0.05) is 0 Å². The monoisotopic (exact) mass is 304 g/mol. The number of amides is 1. The van der Waals surface area contributed by atoms with E-state index in [0.717, 1.165) is 0 Å². The molecule has 0 bridgehead atoms. The number of carbonyl (C=O) groups is 2. The van der Waals surface area contributed by atoms with Gasteiger partial charge in [-0.05, 0) is 36.4 Å². The lowest BCUT2D eigenvalue weighted by molar-refractivity contribution is -0.114. The maximum Gasteiger partial charge on any atom is 0.339 e. The largest absolute Gasteiger partial charge is 0.508 e. The van der Waals surface area contributed by atoms with E-state index in [9.17, 15) is 9.59 Å². The lowest BCUT2D eigenvalue weighted by atomic mass is 10.2. The molecule has 1 amide bonds. The molecule has 6 N–H and O–H groups in total. The van der Waals surface area contributed by atoms with Gasteiger partial charge < -0.3 is 26.4 Å². The number of phenolic OH excluding ortho intramolecular Hbond substituents is 1. The van der Waals surface area contributed by atoms with Crippen molar-refractivity contribution in [1.29, 1.82) is 0 Å². The Balaban J connectivity index is 0.000000220. The van der Waals surface area contributed by atoms with Crippen LogP contribution >= 0.6 is 0 Å². The zero-order valence-electron chi connectivity index (χ0n) is 11.8. The first kappa shape index (κ1) is 16.8. The first-order chi connectivity index (χ1) is 10.3. The number of nitrogen functional groups attached to an aromatic ring is 1. The van der Waals surface area contributed by atoms with Gasteiger partial charge in [0.25, 0.3) is 0 Å². The van der Waals surface area contributed by atoms with Crippen LogP contribution in [0.5, 0.6) is 11.5 Å². The maximum atomic E-state index is 10.5. The highest BCUT2D eigenvalue weighted by Gasteiger charge is 2.07. The van der Waals surface area contributed by atoms with Crippen LogP contribution < -0.4 is 11.1 Å². The highest BCUT2D eigenvalue weighted by atomic mass is 16.4. The number of anilines is 2. The Labute approximate surface area is 126 Å². The molecule has 0 fully saturated rings. The van der Waals surface area contributed by atoms with Gasteiger partial charge in [0.2, 0.25) is 5.91 Å². The molecule has 7 nitrogen and oxygen atoms in total. The minimum absolute atomic E-state index is 0.115. The van der Waals surface area contributed by atoms with Crippen LogP contribution in [-0.4, -0.2) is 27.2 Å². The number of phenols is 2. The summed E-state index contributed by atoms with van der Waals surface area (Å²) in [5.41, 5.74) is 6.17. The molecule has 0 radical (unpaired) electrons. The average Bonchev–Trinajstić information content (AvgIpc) is 2.41. The Morgan fingerprint density at radius 1 is 1.05 bits per heavy atom. The Morgan fingerprint density at radius 2 is 1.64 bits per heavy atom. The van der Waals surface area contributed by atoms with Gasteiger partial charge in [-0.3, -0.25) is 4.79 Å². The van der Waals surface area contributed by atoms with Crippen LogP contribution in [0, 0.1) is 0 Å². The van der Waals surface area contributed by atoms with Crippen molar-refractivity contribution in [2.45, 2.75) is 6.92 Å². The fourth-order valence-corrected chi connectivity index (χ4v) is 1.48. The van der Waals surface area contributed by atoms with Gasteiger partial charge in [-0.15, -0.1) is 0 Å². The van der Waals surface area contributed by atoms with E-state index in [2.05, 4.69) is 5.32 Å². The number of aromatic carboxylic acids is 1. The van der Waals surface area contributed by atoms with Crippen LogP contribution in [0.2, 0.25) is 0 Å². The van der Waals surface area contributed by atoms with Crippen molar-refractivity contribution in [2.24, 2.45) is 0 Å². The van der Waals surface area contributed by atoms with Crippen molar-refractivity contribution in [3.63, 3.8) is 0 Å². The summed E-state index contributed by atoms with van der Waals surface area (Å²) in [6, 6.07) is 10.2. The molecule has 2 aromatic rings. The van der Waals surface area contributed by atoms with E-state index >= 15 is 0 Å². The highest BCUT2D eigenvalue weighted by Crippen LogP contribution is 2.19. The number of rotatable bonds is 2. The van der Waals surface area contributed by atoms with Gasteiger partial charge >= 0.3 is 5.97 Å². The fraction of sp³-hybridized carbons (Fsp3) is 0.0667. The zero-order valence-corrected chi connectivity index (χ0v) is 11.8. The van der Waals surface area contributed by atoms with Crippen molar-refractivity contribution < 1.29 is 24.9 Å². The standard InChI is InChI=1S/C8H9NO2.C7H7NO3/c1-6(10)9-7-2-4-8(11)5-3-7;8-4-1-2-5(7(10)11)6(9)3-4/h2-5,11H,1H3,(H,9,10);1-3,9H,8H2,(H,10,11). The van der Waals surface area contributed by atoms with E-state index in [1.165, 1.54) is 37.3 Å². The van der Waals surface area contributed by atoms with Gasteiger partial charge in [0.15, 0.2) is 0 Å². The highest BCUT2D eigenvalue weighted by molar-refractivity contribution is 5.91. The number of carbonyl (C=O) groups excluding carboxylic acids is 1. The second kappa shape index (κ2) is 7.53. The predicted molar refractivity (Wildman–Crippen MR) is 81.9 cm³/mol. The molecular formula is C15H16N2O5. The number of carboxylic acids is 1. The zero-order chi connectivity index (χ0) is 16.7. The average molecular weight is 304 g/mol. The minimum atomic E-state index is -1.16. The molecule has 0 aliphatic rings. The van der Waals surface area contributed by atoms with E-state index in [1.54, 1.807) is 12.1 Å². The summed E-state index contributed by atoms with van der Waals surface area (Å²) < 4.78 is 0. The molecule has 0 aliphatic heterocycles. The molecule has 7 heteroatoms. The van der Waals surface area contributed by atoms with E-state index in [4.69, 9.17) is 21.1 Å². The lowest BCUT2D eigenvalue weighted by Crippen LogP contribution is -2.04. The second-order valence-corrected chi connectivity index (χ2v) is 4.31. The summed E-state index contributed by atoms with van der Waals surface area (Å²) in [6.45, 7) is 1.44. The van der Waals surface area contributed by atoms with Crippen molar-refractivity contribution in [2.75, 3.05) is 11.1 Å². The van der Waals surface area contributed by atoms with E-state index in [-0.39, 0.29) is 23.0 Å². The number of nitrogens with one attached hydrogen (secondary N) is 1. The smallest absolute Gasteiger partial charge is 0.339 e. The van der Waals surface area contributed by atoms with Crippen LogP contribution in [0.25, 0.3) is 0 Å². The van der Waals surface area contributed by atoms with Crippen molar-refractivity contribution in [3.05, 3.63) is 48.0 Å². The van der Waals surface area contributed by atoms with Crippen LogP contribution in [-0.2, 0) is 4.79 Å². The summed E-state index contributed by atoms with van der Waals surface area (Å²) in [5.74, 6) is -1.39. The third-order valence-electron chi connectivity index (χ3n) is 2.44. The van der Waals surface area contributed by atoms with Gasteiger partial charge in [0, 0.05) is 24.4 Å². The first-order valence-electron chi connectivity index (χ1n) is 6.18. The number of aromatic hydroxyl groups is 2. The van der Waals surface area contributed by atoms with Crippen LogP contribution in [0.15, 0.2) is 42.5 Å². The number of benzene rings is 2. The third kappa shape index (κ3) is 5.41. The van der Waals surface area contributed by atoms with Gasteiger partial charge in [0.1, 0.15) is 17.1 Å². The number of nitrogens with two attached hydrogens (primary N) is 1. The number of carboxylic acid groups (broad SMARTS) is 1. The summed E-state index contributed by atoms with van der Waals surface area (Å²) in [7, 11) is 0. The maximum absolute atomic E-state index is 10.5. The summed E-state index contributed by atoms with van der Waals surface area (Å²) >= 11 is 0. The van der Waals surface area contributed by atoms with Gasteiger partial charge in [0.05, 0.1) is 0 Å². The summed E-state index contributed by atoms with van der Waals surface area (Å²) in [6.07, 6.45) is 0. The van der Waals surface area contributed by atoms with Gasteiger partial charge in [-0.25, -0.2) is 4.79 Å². The molecule has 22 heavy (non-hydrogen) atoms. The second-order valence-electron chi connectivity index (χ2n) is 4.31. The lowest BCUT2D eigenvalue weighted by Gasteiger charge is -1.99. The Kier molecular flexibility index (Phi) is 5.76. The molecule has 0 unspecified atom stereocenters. The van der Waals surface area contributed by atoms with Crippen LogP contribution in [0.4, 0.5) is 11.4 Å². The van der Waals surface area contributed by atoms with E-state index in [1.807, 2.05) is 0 Å². The number of hydrogen-bond donors (Lipinski definition) is 5. The quantitative estimate of drug-likeness (QED) is 0.426. The summed E-state index contributed by atoms with van der Waals surface area (Å²) in [4.78, 5) is 20.9. The van der Waals surface area contributed by atoms with Crippen molar-refractivity contribution >= 4 is 23.3 Å². The Morgan fingerprint density at radius 3 is 2.09 bits per heavy atom. The van der Waals surface area contributed by atoms with E-state index < -0.39 is 5.97 Å². The molecule has 0 saturated heterocycles. The van der Waals surface area contributed by atoms with Gasteiger partial charge in [-0.2, -0.15) is 0 Å². The third-order valence-corrected chi connectivity index (χ3v) is 2.44.